The maximum Gasteiger partial charge on any atom is 0.472 e. The number of hydrogen-bond acceptors (Lipinski definition) is 7. The minimum absolute atomic E-state index is 0.0734. The van der Waals surface area contributed by atoms with Crippen LogP contribution in [0.2, 0.25) is 0 Å². The number of carbonyl (C=O) groups excluding carboxylic acids is 2. The fourth-order valence-corrected chi connectivity index (χ4v) is 4.87. The number of hydrogen-bond donors (Lipinski definition) is 1. The van der Waals surface area contributed by atoms with Gasteiger partial charge in [-0.1, -0.05) is 117 Å². The summed E-state index contributed by atoms with van der Waals surface area (Å²) in [6.45, 7) is 5.62. The summed E-state index contributed by atoms with van der Waals surface area (Å²) in [5.41, 5.74) is 0. The van der Waals surface area contributed by atoms with E-state index >= 15 is 0 Å². The zero-order chi connectivity index (χ0) is 28.3. The Morgan fingerprint density at radius 3 is 1.55 bits per heavy atom. The lowest BCUT2D eigenvalue weighted by Crippen LogP contribution is -2.29. The molecule has 0 aromatic rings. The Hall–Kier alpha value is -0.950. The van der Waals surface area contributed by atoms with Crippen LogP contribution in [0.15, 0.2) is 0 Å². The number of rotatable bonds is 28. The van der Waals surface area contributed by atoms with E-state index in [1.165, 1.54) is 64.2 Å². The molecular weight excluding hydrogens is 507 g/mol. The minimum atomic E-state index is -4.26. The first-order valence-corrected chi connectivity index (χ1v) is 16.8. The Kier molecular flexibility index (Phi) is 25.6. The third-order valence-electron chi connectivity index (χ3n) is 6.33. The van der Waals surface area contributed by atoms with Gasteiger partial charge in [0.15, 0.2) is 6.10 Å². The summed E-state index contributed by atoms with van der Waals surface area (Å²) in [5.74, 6) is -0.809. The highest BCUT2D eigenvalue weighted by molar-refractivity contribution is 7.47. The van der Waals surface area contributed by atoms with Crippen molar-refractivity contribution in [3.63, 3.8) is 0 Å². The van der Waals surface area contributed by atoms with Gasteiger partial charge >= 0.3 is 19.8 Å². The van der Waals surface area contributed by atoms with Crippen LogP contribution in [0.1, 0.15) is 149 Å². The van der Waals surface area contributed by atoms with E-state index in [9.17, 15) is 19.0 Å². The van der Waals surface area contributed by atoms with Gasteiger partial charge in [0.05, 0.1) is 13.2 Å². The number of carbonyl (C=O) groups is 2. The monoisotopic (exact) mass is 564 g/mol. The second kappa shape index (κ2) is 26.3. The van der Waals surface area contributed by atoms with Crippen LogP contribution >= 0.6 is 7.82 Å². The van der Waals surface area contributed by atoms with E-state index in [0.29, 0.717) is 12.8 Å². The van der Waals surface area contributed by atoms with Crippen molar-refractivity contribution in [3.8, 4) is 0 Å². The Bertz CT molecular complexity index is 613. The molecule has 0 aromatic carbocycles. The molecule has 0 radical (unpaired) electrons. The molecule has 1 N–H and O–H groups in total. The van der Waals surface area contributed by atoms with Crippen molar-refractivity contribution < 1.29 is 37.6 Å². The van der Waals surface area contributed by atoms with Crippen LogP contribution in [0.4, 0.5) is 0 Å². The van der Waals surface area contributed by atoms with E-state index in [2.05, 4.69) is 13.8 Å². The van der Waals surface area contributed by atoms with Gasteiger partial charge in [-0.05, 0) is 19.3 Å². The zero-order valence-electron chi connectivity index (χ0n) is 24.6. The summed E-state index contributed by atoms with van der Waals surface area (Å²) in [6, 6.07) is 0. The van der Waals surface area contributed by atoms with Crippen molar-refractivity contribution in [3.05, 3.63) is 0 Å². The van der Waals surface area contributed by atoms with Crippen molar-refractivity contribution in [2.24, 2.45) is 0 Å². The molecule has 0 spiro atoms. The van der Waals surface area contributed by atoms with Crippen LogP contribution in [0.5, 0.6) is 0 Å². The highest BCUT2D eigenvalue weighted by Gasteiger charge is 2.25. The van der Waals surface area contributed by atoms with Crippen molar-refractivity contribution in [2.75, 3.05) is 19.8 Å². The fourth-order valence-electron chi connectivity index (χ4n) is 4.02. The van der Waals surface area contributed by atoms with Crippen LogP contribution in [0.3, 0.4) is 0 Å². The first-order chi connectivity index (χ1) is 18.3. The average Bonchev–Trinajstić information content (AvgIpc) is 2.89. The number of phosphoric acid groups is 1. The molecule has 0 aliphatic carbocycles. The molecule has 8 nitrogen and oxygen atoms in total. The first-order valence-electron chi connectivity index (χ1n) is 15.3. The normalized spacial score (nSPS) is 13.7. The standard InChI is InChI=1S/C29H57O8P/c1-4-7-9-11-12-13-14-15-16-17-18-19-21-23-29(31)37-27(26-36-38(32,33)35-24-6-3)25-34-28(30)22-20-10-8-5-2/h27H,4-26H2,1-3H3,(H,32,33)/t27-/m1/s1. The third kappa shape index (κ3) is 25.3. The van der Waals surface area contributed by atoms with Crippen LogP contribution in [0, 0.1) is 0 Å². The maximum atomic E-state index is 12.4. The summed E-state index contributed by atoms with van der Waals surface area (Å²) < 4.78 is 32.5. The van der Waals surface area contributed by atoms with E-state index in [-0.39, 0.29) is 32.2 Å². The smallest absolute Gasteiger partial charge is 0.462 e. The molecule has 0 saturated carbocycles. The van der Waals surface area contributed by atoms with Crippen LogP contribution < -0.4 is 0 Å². The molecule has 38 heavy (non-hydrogen) atoms. The van der Waals surface area contributed by atoms with Crippen molar-refractivity contribution in [1.82, 2.24) is 0 Å². The van der Waals surface area contributed by atoms with Crippen LogP contribution in [-0.2, 0) is 32.7 Å². The Morgan fingerprint density at radius 2 is 1.05 bits per heavy atom. The maximum absolute atomic E-state index is 12.4. The second-order valence-electron chi connectivity index (χ2n) is 10.2. The quantitative estimate of drug-likeness (QED) is 0.0573. The highest BCUT2D eigenvalue weighted by Crippen LogP contribution is 2.43. The Labute approximate surface area is 232 Å². The average molecular weight is 565 g/mol. The number of ether oxygens (including phenoxy) is 2. The molecule has 2 atom stereocenters. The van der Waals surface area contributed by atoms with E-state index in [1.54, 1.807) is 6.92 Å². The largest absolute Gasteiger partial charge is 0.472 e. The Balaban J connectivity index is 4.21. The lowest BCUT2D eigenvalue weighted by atomic mass is 10.0. The molecule has 0 aliphatic rings. The van der Waals surface area contributed by atoms with Crippen molar-refractivity contribution in [1.29, 1.82) is 0 Å². The van der Waals surface area contributed by atoms with Gasteiger partial charge in [-0.2, -0.15) is 0 Å². The van der Waals surface area contributed by atoms with Gasteiger partial charge in [0.2, 0.25) is 0 Å². The first kappa shape index (κ1) is 37.0. The van der Waals surface area contributed by atoms with Gasteiger partial charge in [-0.3, -0.25) is 18.6 Å². The van der Waals surface area contributed by atoms with Gasteiger partial charge in [-0.25, -0.2) is 4.57 Å². The van der Waals surface area contributed by atoms with Crippen LogP contribution in [0.25, 0.3) is 0 Å². The van der Waals surface area contributed by atoms with Gasteiger partial charge < -0.3 is 14.4 Å². The zero-order valence-corrected chi connectivity index (χ0v) is 25.5. The van der Waals surface area contributed by atoms with Gasteiger partial charge in [-0.15, -0.1) is 0 Å². The lowest BCUT2D eigenvalue weighted by Gasteiger charge is -2.19. The van der Waals surface area contributed by atoms with E-state index in [1.807, 2.05) is 0 Å². The minimum Gasteiger partial charge on any atom is -0.462 e. The van der Waals surface area contributed by atoms with Crippen molar-refractivity contribution >= 4 is 19.8 Å². The number of phosphoric ester groups is 1. The van der Waals surface area contributed by atoms with Crippen molar-refractivity contribution in [2.45, 2.75) is 155 Å². The Morgan fingerprint density at radius 1 is 0.605 bits per heavy atom. The molecule has 0 fully saturated rings. The van der Waals surface area contributed by atoms with Gasteiger partial charge in [0.1, 0.15) is 6.61 Å². The highest BCUT2D eigenvalue weighted by atomic mass is 31.2. The third-order valence-corrected chi connectivity index (χ3v) is 7.31. The molecule has 0 bridgehead atoms. The van der Waals surface area contributed by atoms with E-state index < -0.39 is 19.9 Å². The summed E-state index contributed by atoms with van der Waals surface area (Å²) >= 11 is 0. The predicted molar refractivity (Wildman–Crippen MR) is 152 cm³/mol. The molecule has 0 amide bonds. The fraction of sp³-hybridized carbons (Fsp3) is 0.931. The second-order valence-corrected chi connectivity index (χ2v) is 11.6. The molecule has 0 heterocycles. The molecule has 1 unspecified atom stereocenters. The number of unbranched alkanes of at least 4 members (excludes halogenated alkanes) is 15. The molecule has 9 heteroatoms. The molecule has 0 saturated heterocycles. The molecule has 0 aliphatic heterocycles. The summed E-state index contributed by atoms with van der Waals surface area (Å²) in [6.07, 6.45) is 19.8. The molecule has 226 valence electrons. The predicted octanol–water partition coefficient (Wildman–Crippen LogP) is 8.44. The summed E-state index contributed by atoms with van der Waals surface area (Å²) in [5, 5.41) is 0. The van der Waals surface area contributed by atoms with Gasteiger partial charge in [0, 0.05) is 12.8 Å². The SMILES string of the molecule is CCCCCCCCCCCCCCCC(=O)O[C@H](COC(=O)CCCCCC)COP(=O)(O)OCCC. The van der Waals surface area contributed by atoms with Crippen LogP contribution in [-0.4, -0.2) is 42.8 Å². The van der Waals surface area contributed by atoms with E-state index in [4.69, 9.17) is 18.5 Å². The molecule has 0 rings (SSSR count). The summed E-state index contributed by atoms with van der Waals surface area (Å²) in [4.78, 5) is 34.1. The lowest BCUT2D eigenvalue weighted by molar-refractivity contribution is -0.161. The molecule has 0 aromatic heterocycles. The van der Waals surface area contributed by atoms with Gasteiger partial charge in [0.25, 0.3) is 0 Å². The molecular formula is C29H57O8P. The topological polar surface area (TPSA) is 108 Å². The van der Waals surface area contributed by atoms with E-state index in [0.717, 1.165) is 44.9 Å². The summed E-state index contributed by atoms with van der Waals surface area (Å²) in [7, 11) is -4.26. The number of esters is 2.